The molecule has 0 saturated carbocycles. The molecule has 2 aromatic carbocycles. The highest BCUT2D eigenvalue weighted by Crippen LogP contribution is 2.38. The molecule has 2 aromatic heterocycles. The standard InChI is InChI=1S/C21H20FN5O3S/c1-11-5-4-6-14(17(11)22)15-16-19(25-21(23)26-20(16)28)24-18(15)12-7-9-13(10-8-12)31(29,30)27(2)3/h4-10H,1-3H3,(H4,23,24,25,26,28). The second-order valence-electron chi connectivity index (χ2n) is 7.30. The van der Waals surface area contributed by atoms with Crippen LogP contribution in [0.15, 0.2) is 52.2 Å². The van der Waals surface area contributed by atoms with Crippen molar-refractivity contribution in [2.24, 2.45) is 0 Å². The minimum Gasteiger partial charge on any atom is -0.369 e. The van der Waals surface area contributed by atoms with E-state index in [9.17, 15) is 13.2 Å². The molecule has 0 fully saturated rings. The predicted octanol–water partition coefficient (Wildman–Crippen LogP) is 2.87. The molecule has 0 aliphatic rings. The Labute approximate surface area is 177 Å². The number of halogens is 1. The van der Waals surface area contributed by atoms with Gasteiger partial charge < -0.3 is 10.7 Å². The van der Waals surface area contributed by atoms with E-state index < -0.39 is 21.4 Å². The van der Waals surface area contributed by atoms with E-state index in [1.807, 2.05) is 0 Å². The molecule has 2 heterocycles. The molecule has 0 amide bonds. The Kier molecular flexibility index (Phi) is 4.91. The zero-order chi connectivity index (χ0) is 22.5. The van der Waals surface area contributed by atoms with Gasteiger partial charge in [0, 0.05) is 25.2 Å². The first-order chi connectivity index (χ1) is 14.6. The van der Waals surface area contributed by atoms with Crippen molar-refractivity contribution in [3.8, 4) is 22.4 Å². The molecule has 0 unspecified atom stereocenters. The monoisotopic (exact) mass is 441 g/mol. The van der Waals surface area contributed by atoms with E-state index in [-0.39, 0.29) is 27.4 Å². The summed E-state index contributed by atoms with van der Waals surface area (Å²) >= 11 is 0. The van der Waals surface area contributed by atoms with Gasteiger partial charge in [-0.05, 0) is 30.2 Å². The summed E-state index contributed by atoms with van der Waals surface area (Å²) in [4.78, 5) is 22.4. The number of anilines is 1. The van der Waals surface area contributed by atoms with E-state index in [0.29, 0.717) is 22.4 Å². The van der Waals surface area contributed by atoms with Crippen LogP contribution in [-0.4, -0.2) is 41.8 Å². The number of hydrogen-bond acceptors (Lipinski definition) is 5. The number of hydrogen-bond donors (Lipinski definition) is 3. The number of H-pyrrole nitrogens is 2. The van der Waals surface area contributed by atoms with Gasteiger partial charge in [0.2, 0.25) is 16.0 Å². The first-order valence-corrected chi connectivity index (χ1v) is 10.7. The van der Waals surface area contributed by atoms with Crippen LogP contribution in [0.25, 0.3) is 33.4 Å². The van der Waals surface area contributed by atoms with Gasteiger partial charge in [-0.2, -0.15) is 4.98 Å². The fraction of sp³-hybridized carbons (Fsp3) is 0.143. The summed E-state index contributed by atoms with van der Waals surface area (Å²) in [6.07, 6.45) is 0. The Morgan fingerprint density at radius 1 is 1.06 bits per heavy atom. The van der Waals surface area contributed by atoms with Crippen LogP contribution in [-0.2, 0) is 10.0 Å². The molecule has 0 saturated heterocycles. The summed E-state index contributed by atoms with van der Waals surface area (Å²) in [5.74, 6) is -0.540. The van der Waals surface area contributed by atoms with Crippen molar-refractivity contribution in [2.75, 3.05) is 19.8 Å². The van der Waals surface area contributed by atoms with Crippen molar-refractivity contribution in [3.63, 3.8) is 0 Å². The lowest BCUT2D eigenvalue weighted by Crippen LogP contribution is -2.22. The maximum absolute atomic E-state index is 15.1. The number of aryl methyl sites for hydroxylation is 1. The second kappa shape index (κ2) is 7.33. The lowest BCUT2D eigenvalue weighted by molar-refractivity contribution is 0.521. The first-order valence-electron chi connectivity index (χ1n) is 9.31. The van der Waals surface area contributed by atoms with Crippen molar-refractivity contribution in [2.45, 2.75) is 11.8 Å². The summed E-state index contributed by atoms with van der Waals surface area (Å²) in [7, 11) is -0.716. The molecule has 10 heteroatoms. The second-order valence-corrected chi connectivity index (χ2v) is 9.45. The number of aromatic nitrogens is 3. The van der Waals surface area contributed by atoms with Gasteiger partial charge in [-0.3, -0.25) is 9.78 Å². The van der Waals surface area contributed by atoms with Crippen LogP contribution < -0.4 is 11.3 Å². The molecule has 4 N–H and O–H groups in total. The van der Waals surface area contributed by atoms with Crippen molar-refractivity contribution in [1.29, 1.82) is 0 Å². The normalized spacial score (nSPS) is 12.0. The van der Waals surface area contributed by atoms with Crippen LogP contribution in [0, 0.1) is 12.7 Å². The number of nitrogen functional groups attached to an aromatic ring is 1. The van der Waals surface area contributed by atoms with E-state index >= 15 is 4.39 Å². The summed E-state index contributed by atoms with van der Waals surface area (Å²) < 4.78 is 40.9. The van der Waals surface area contributed by atoms with Gasteiger partial charge in [0.05, 0.1) is 16.0 Å². The average molecular weight is 441 g/mol. The van der Waals surface area contributed by atoms with Gasteiger partial charge in [-0.1, -0.05) is 30.3 Å². The molecule has 0 aliphatic carbocycles. The number of rotatable bonds is 4. The summed E-state index contributed by atoms with van der Waals surface area (Å²) in [5, 5.41) is 0.165. The predicted molar refractivity (Wildman–Crippen MR) is 118 cm³/mol. The highest BCUT2D eigenvalue weighted by Gasteiger charge is 2.23. The fourth-order valence-corrected chi connectivity index (χ4v) is 4.35. The first kappa shape index (κ1) is 20.8. The maximum Gasteiger partial charge on any atom is 0.262 e. The van der Waals surface area contributed by atoms with Gasteiger partial charge >= 0.3 is 0 Å². The third-order valence-corrected chi connectivity index (χ3v) is 6.89. The zero-order valence-corrected chi connectivity index (χ0v) is 17.8. The van der Waals surface area contributed by atoms with Gasteiger partial charge in [0.15, 0.2) is 0 Å². The summed E-state index contributed by atoms with van der Waals surface area (Å²) in [6.45, 7) is 1.63. The third-order valence-electron chi connectivity index (χ3n) is 5.06. The minimum atomic E-state index is -3.61. The number of nitrogens with one attached hydrogen (secondary N) is 2. The molecule has 0 radical (unpaired) electrons. The largest absolute Gasteiger partial charge is 0.369 e. The summed E-state index contributed by atoms with van der Waals surface area (Å²) in [6, 6.07) is 11.0. The van der Waals surface area contributed by atoms with Crippen molar-refractivity contribution < 1.29 is 12.8 Å². The van der Waals surface area contributed by atoms with E-state index in [0.717, 1.165) is 4.31 Å². The van der Waals surface area contributed by atoms with E-state index in [1.165, 1.54) is 26.2 Å². The molecule has 4 rings (SSSR count). The smallest absolute Gasteiger partial charge is 0.262 e. The Morgan fingerprint density at radius 3 is 2.39 bits per heavy atom. The number of sulfonamides is 1. The molecule has 0 spiro atoms. The highest BCUT2D eigenvalue weighted by molar-refractivity contribution is 7.89. The molecule has 160 valence electrons. The van der Waals surface area contributed by atoms with Gasteiger partial charge in [-0.25, -0.2) is 17.1 Å². The third kappa shape index (κ3) is 3.39. The van der Waals surface area contributed by atoms with Crippen LogP contribution in [0.1, 0.15) is 5.56 Å². The lowest BCUT2D eigenvalue weighted by Gasteiger charge is -2.12. The van der Waals surface area contributed by atoms with Crippen molar-refractivity contribution >= 4 is 27.0 Å². The fourth-order valence-electron chi connectivity index (χ4n) is 3.45. The SMILES string of the molecule is Cc1cccc(-c2c(-c3ccc(S(=O)(=O)N(C)C)cc3)[nH]c3nc(N)[nH]c(=O)c23)c1F. The van der Waals surface area contributed by atoms with E-state index in [2.05, 4.69) is 15.0 Å². The maximum atomic E-state index is 15.1. The minimum absolute atomic E-state index is 0.0750. The van der Waals surface area contributed by atoms with Gasteiger partial charge in [0.1, 0.15) is 11.5 Å². The molecule has 0 bridgehead atoms. The van der Waals surface area contributed by atoms with Crippen LogP contribution in [0.5, 0.6) is 0 Å². The van der Waals surface area contributed by atoms with E-state index in [4.69, 9.17) is 5.73 Å². The molecule has 31 heavy (non-hydrogen) atoms. The average Bonchev–Trinajstić information content (AvgIpc) is 3.09. The number of aromatic amines is 2. The van der Waals surface area contributed by atoms with E-state index in [1.54, 1.807) is 37.3 Å². The highest BCUT2D eigenvalue weighted by atomic mass is 32.2. The molecule has 8 nitrogen and oxygen atoms in total. The van der Waals surface area contributed by atoms with Gasteiger partial charge in [0.25, 0.3) is 5.56 Å². The number of fused-ring (bicyclic) bond motifs is 1. The molecular formula is C21H20FN5O3S. The summed E-state index contributed by atoms with van der Waals surface area (Å²) in [5.41, 5.74) is 7.34. The van der Waals surface area contributed by atoms with Crippen molar-refractivity contribution in [3.05, 3.63) is 64.2 Å². The Hall–Kier alpha value is -3.50. The molecule has 4 aromatic rings. The molecule has 0 atom stereocenters. The quantitative estimate of drug-likeness (QED) is 0.449. The number of nitrogens with two attached hydrogens (primary N) is 1. The Bertz CT molecular complexity index is 1470. The Balaban J connectivity index is 2.02. The number of benzene rings is 2. The van der Waals surface area contributed by atoms with Crippen LogP contribution >= 0.6 is 0 Å². The topological polar surface area (TPSA) is 125 Å². The Morgan fingerprint density at radius 2 is 1.74 bits per heavy atom. The van der Waals surface area contributed by atoms with Crippen LogP contribution in [0.3, 0.4) is 0 Å². The van der Waals surface area contributed by atoms with Gasteiger partial charge in [-0.15, -0.1) is 0 Å². The zero-order valence-electron chi connectivity index (χ0n) is 17.0. The van der Waals surface area contributed by atoms with Crippen LogP contribution in [0.2, 0.25) is 0 Å². The number of nitrogens with zero attached hydrogens (tertiary/aromatic N) is 2. The lowest BCUT2D eigenvalue weighted by atomic mass is 9.97. The van der Waals surface area contributed by atoms with Crippen LogP contribution in [0.4, 0.5) is 10.3 Å². The molecular weight excluding hydrogens is 421 g/mol. The molecule has 0 aliphatic heterocycles. The van der Waals surface area contributed by atoms with Crippen molar-refractivity contribution in [1.82, 2.24) is 19.3 Å².